The highest BCUT2D eigenvalue weighted by Crippen LogP contribution is 2.52. The van der Waals surface area contributed by atoms with Gasteiger partial charge < -0.3 is 10.2 Å². The van der Waals surface area contributed by atoms with Crippen LogP contribution < -0.4 is 10.2 Å². The lowest BCUT2D eigenvalue weighted by molar-refractivity contribution is 0.0965. The third kappa shape index (κ3) is 3.01. The van der Waals surface area contributed by atoms with E-state index in [1.807, 2.05) is 6.08 Å². The van der Waals surface area contributed by atoms with Crippen molar-refractivity contribution in [2.75, 3.05) is 18.0 Å². The van der Waals surface area contributed by atoms with Crippen molar-refractivity contribution in [2.24, 2.45) is 0 Å². The van der Waals surface area contributed by atoms with E-state index in [2.05, 4.69) is 11.9 Å². The molecule has 4 rings (SSSR count). The third-order valence-corrected chi connectivity index (χ3v) is 7.18. The number of fused-ring (bicyclic) bond motifs is 2. The van der Waals surface area contributed by atoms with Crippen molar-refractivity contribution >= 4 is 46.1 Å². The average molecular weight is 425 g/mol. The molecule has 0 aliphatic carbocycles. The van der Waals surface area contributed by atoms with Crippen LogP contribution in [0.2, 0.25) is 8.67 Å². The molecule has 2 aromatic rings. The lowest BCUT2D eigenvalue weighted by Crippen LogP contribution is -2.51. The van der Waals surface area contributed by atoms with Crippen LogP contribution in [0.5, 0.6) is 0 Å². The molecule has 1 spiro atoms. The first kappa shape index (κ1) is 18.9. The van der Waals surface area contributed by atoms with Gasteiger partial charge in [-0.05, 0) is 62.2 Å². The Morgan fingerprint density at radius 3 is 2.74 bits per heavy atom. The molecular formula is C20H19Cl2FN2OS. The van der Waals surface area contributed by atoms with Crippen molar-refractivity contribution < 1.29 is 9.18 Å². The van der Waals surface area contributed by atoms with Gasteiger partial charge in [0.1, 0.15) is 10.2 Å². The quantitative estimate of drug-likeness (QED) is 0.666. The lowest BCUT2D eigenvalue weighted by Gasteiger charge is -2.41. The fourth-order valence-corrected chi connectivity index (χ4v) is 5.99. The number of hydrogen-bond acceptors (Lipinski definition) is 3. The summed E-state index contributed by atoms with van der Waals surface area (Å²) >= 11 is 13.5. The zero-order valence-corrected chi connectivity index (χ0v) is 16.9. The summed E-state index contributed by atoms with van der Waals surface area (Å²) in [5, 5.41) is 3.37. The van der Waals surface area contributed by atoms with Gasteiger partial charge in [-0.2, -0.15) is 0 Å². The first-order valence-corrected chi connectivity index (χ1v) is 10.5. The molecule has 1 amide bonds. The molecule has 1 aromatic carbocycles. The third-order valence-electron chi connectivity index (χ3n) is 5.70. The summed E-state index contributed by atoms with van der Waals surface area (Å²) in [5.41, 5.74) is 1.76. The summed E-state index contributed by atoms with van der Waals surface area (Å²) in [7, 11) is 0. The molecule has 1 aromatic heterocycles. The number of nitrogens with one attached hydrogen (secondary N) is 1. The minimum absolute atomic E-state index is 0.129. The maximum atomic E-state index is 14.2. The molecule has 7 heteroatoms. The molecule has 2 aliphatic heterocycles. The van der Waals surface area contributed by atoms with E-state index in [4.69, 9.17) is 23.2 Å². The molecule has 1 atom stereocenters. The second-order valence-electron chi connectivity index (χ2n) is 7.02. The molecule has 1 unspecified atom stereocenters. The Labute approximate surface area is 171 Å². The molecule has 2 aliphatic rings. The SMILES string of the molecule is C=CCC1N(C(=O)c2cc(Cl)sc2Cl)c2ccc(F)cc2C12CCNCC2. The number of halogens is 3. The number of anilines is 1. The molecule has 0 saturated carbocycles. The lowest BCUT2D eigenvalue weighted by atomic mass is 9.69. The van der Waals surface area contributed by atoms with E-state index in [0.717, 1.165) is 37.2 Å². The Morgan fingerprint density at radius 1 is 1.37 bits per heavy atom. The fraction of sp³-hybridized carbons (Fsp3) is 0.350. The zero-order chi connectivity index (χ0) is 19.2. The summed E-state index contributed by atoms with van der Waals surface area (Å²) < 4.78 is 15.0. The molecule has 0 bridgehead atoms. The molecule has 1 saturated heterocycles. The van der Waals surface area contributed by atoms with Crippen molar-refractivity contribution in [2.45, 2.75) is 30.7 Å². The molecular weight excluding hydrogens is 406 g/mol. The number of nitrogens with zero attached hydrogens (tertiary/aromatic N) is 1. The van der Waals surface area contributed by atoms with Gasteiger partial charge in [0.25, 0.3) is 5.91 Å². The van der Waals surface area contributed by atoms with Gasteiger partial charge in [0.05, 0.1) is 15.9 Å². The summed E-state index contributed by atoms with van der Waals surface area (Å²) in [6.45, 7) is 5.56. The average Bonchev–Trinajstić information content (AvgIpc) is 3.11. The van der Waals surface area contributed by atoms with Gasteiger partial charge in [-0.3, -0.25) is 4.79 Å². The van der Waals surface area contributed by atoms with Crippen LogP contribution in [-0.4, -0.2) is 25.0 Å². The molecule has 1 fully saturated rings. The van der Waals surface area contributed by atoms with E-state index in [0.29, 0.717) is 20.7 Å². The number of hydrogen-bond donors (Lipinski definition) is 1. The number of thiophene rings is 1. The first-order chi connectivity index (χ1) is 13.0. The molecule has 1 N–H and O–H groups in total. The molecule has 27 heavy (non-hydrogen) atoms. The highest BCUT2D eigenvalue weighted by molar-refractivity contribution is 7.20. The number of benzene rings is 1. The number of carbonyl (C=O) groups excluding carboxylic acids is 1. The minimum atomic E-state index is -0.293. The Kier molecular flexibility index (Phi) is 5.06. The van der Waals surface area contributed by atoms with E-state index in [1.165, 1.54) is 17.4 Å². The van der Waals surface area contributed by atoms with Crippen molar-refractivity contribution in [1.29, 1.82) is 0 Å². The zero-order valence-electron chi connectivity index (χ0n) is 14.6. The van der Waals surface area contributed by atoms with Crippen molar-refractivity contribution in [3.63, 3.8) is 0 Å². The summed E-state index contributed by atoms with van der Waals surface area (Å²) in [5.74, 6) is -0.479. The first-order valence-electron chi connectivity index (χ1n) is 8.88. The predicted molar refractivity (Wildman–Crippen MR) is 110 cm³/mol. The molecule has 142 valence electrons. The van der Waals surface area contributed by atoms with Crippen LogP contribution in [0, 0.1) is 5.82 Å². The second kappa shape index (κ2) is 7.21. The van der Waals surface area contributed by atoms with E-state index >= 15 is 0 Å². The minimum Gasteiger partial charge on any atom is -0.317 e. The molecule has 0 radical (unpaired) electrons. The smallest absolute Gasteiger partial charge is 0.261 e. The van der Waals surface area contributed by atoms with Crippen LogP contribution in [0.4, 0.5) is 10.1 Å². The van der Waals surface area contributed by atoms with Gasteiger partial charge in [0.15, 0.2) is 0 Å². The van der Waals surface area contributed by atoms with Crippen LogP contribution in [0.15, 0.2) is 36.9 Å². The van der Waals surface area contributed by atoms with Gasteiger partial charge in [-0.25, -0.2) is 4.39 Å². The highest BCUT2D eigenvalue weighted by atomic mass is 35.5. The Bertz CT molecular complexity index is 907. The summed E-state index contributed by atoms with van der Waals surface area (Å²) in [6.07, 6.45) is 4.13. The standard InChI is InChI=1S/C20H19Cl2FN2OS/c1-2-3-16-20(6-8-24-9-7-20)14-10-12(23)4-5-15(14)25(16)19(26)13-11-17(21)27-18(13)22/h2,4-5,10-11,16,24H,1,3,6-9H2. The summed E-state index contributed by atoms with van der Waals surface area (Å²) in [4.78, 5) is 15.3. The summed E-state index contributed by atoms with van der Waals surface area (Å²) in [6, 6.07) is 6.19. The van der Waals surface area contributed by atoms with Gasteiger partial charge in [-0.1, -0.05) is 29.3 Å². The maximum Gasteiger partial charge on any atom is 0.261 e. The van der Waals surface area contributed by atoms with Gasteiger partial charge in [0, 0.05) is 11.1 Å². The number of carbonyl (C=O) groups is 1. The topological polar surface area (TPSA) is 32.3 Å². The van der Waals surface area contributed by atoms with Crippen molar-refractivity contribution in [1.82, 2.24) is 5.32 Å². The monoisotopic (exact) mass is 424 g/mol. The fourth-order valence-electron chi connectivity index (χ4n) is 4.54. The Hall–Kier alpha value is -1.40. The van der Waals surface area contributed by atoms with Crippen LogP contribution in [-0.2, 0) is 5.41 Å². The number of amides is 1. The van der Waals surface area contributed by atoms with Crippen molar-refractivity contribution in [3.8, 4) is 0 Å². The van der Waals surface area contributed by atoms with E-state index in [-0.39, 0.29) is 23.2 Å². The van der Waals surface area contributed by atoms with E-state index in [1.54, 1.807) is 23.1 Å². The van der Waals surface area contributed by atoms with Crippen molar-refractivity contribution in [3.05, 3.63) is 62.5 Å². The second-order valence-corrected chi connectivity index (χ2v) is 9.31. The molecule has 3 nitrogen and oxygen atoms in total. The predicted octanol–water partition coefficient (Wildman–Crippen LogP) is 5.42. The normalized spacial score (nSPS) is 20.7. The van der Waals surface area contributed by atoms with Crippen LogP contribution >= 0.6 is 34.5 Å². The van der Waals surface area contributed by atoms with Crippen LogP contribution in [0.25, 0.3) is 0 Å². The maximum absolute atomic E-state index is 14.2. The molecule has 3 heterocycles. The van der Waals surface area contributed by atoms with E-state index < -0.39 is 0 Å². The Morgan fingerprint density at radius 2 is 2.11 bits per heavy atom. The van der Waals surface area contributed by atoms with Crippen LogP contribution in [0.1, 0.15) is 35.2 Å². The Balaban J connectivity index is 1.88. The van der Waals surface area contributed by atoms with Gasteiger partial charge >= 0.3 is 0 Å². The van der Waals surface area contributed by atoms with Crippen LogP contribution in [0.3, 0.4) is 0 Å². The number of piperidine rings is 1. The highest BCUT2D eigenvalue weighted by Gasteiger charge is 2.52. The number of rotatable bonds is 3. The largest absolute Gasteiger partial charge is 0.317 e. The van der Waals surface area contributed by atoms with Gasteiger partial charge in [0.2, 0.25) is 0 Å². The van der Waals surface area contributed by atoms with E-state index in [9.17, 15) is 9.18 Å². The van der Waals surface area contributed by atoms with Gasteiger partial charge in [-0.15, -0.1) is 17.9 Å².